The first kappa shape index (κ1) is 77.0. The van der Waals surface area contributed by atoms with Crippen molar-refractivity contribution < 1.29 is 86.3 Å². The quantitative estimate of drug-likeness (QED) is 0.0198. The first-order valence-corrected chi connectivity index (χ1v) is 30.0. The highest BCUT2D eigenvalue weighted by Gasteiger charge is 2.33. The van der Waals surface area contributed by atoms with E-state index in [-0.39, 0.29) is 103 Å². The molecule has 0 bridgehead atoms. The topological polar surface area (TPSA) is 348 Å². The number of aliphatic hydroxyl groups excluding tert-OH is 1. The van der Waals surface area contributed by atoms with Crippen LogP contribution >= 0.6 is 22.6 Å². The molecular weight excluding hydrogens is 1220 g/mol. The van der Waals surface area contributed by atoms with Gasteiger partial charge in [-0.1, -0.05) is 12.1 Å². The summed E-state index contributed by atoms with van der Waals surface area (Å²) in [6.07, 6.45) is -0.0881. The van der Waals surface area contributed by atoms with Crippen LogP contribution in [0, 0.1) is 3.57 Å². The number of rotatable bonds is 39. The predicted molar refractivity (Wildman–Crippen MR) is 322 cm³/mol. The molecule has 0 saturated carbocycles. The molecule has 85 heavy (non-hydrogen) atoms. The molecule has 1 aromatic carbocycles. The average Bonchev–Trinajstić information content (AvgIpc) is 3.54. The van der Waals surface area contributed by atoms with E-state index in [1.54, 1.807) is 83.1 Å². The monoisotopic (exact) mass is 1320 g/mol. The number of hydrogen-bond donors (Lipinski definition) is 8. The number of carbonyl (C=O) groups is 11. The van der Waals surface area contributed by atoms with Gasteiger partial charge in [-0.2, -0.15) is 0 Å². The fourth-order valence-corrected chi connectivity index (χ4v) is 7.98. The molecule has 1 aromatic rings. The number of aryl methyl sites for hydroxylation is 1. The van der Waals surface area contributed by atoms with Crippen molar-refractivity contribution in [2.75, 3.05) is 52.7 Å². The number of halogens is 1. The van der Waals surface area contributed by atoms with E-state index in [0.717, 1.165) is 9.13 Å². The molecule has 482 valence electrons. The lowest BCUT2D eigenvalue weighted by atomic mass is 10.0. The van der Waals surface area contributed by atoms with Crippen LogP contribution < -0.4 is 37.2 Å². The Hall–Kier alpha value is -6.00. The lowest BCUT2D eigenvalue weighted by Gasteiger charge is -2.26. The van der Waals surface area contributed by atoms with Crippen molar-refractivity contribution in [1.29, 1.82) is 0 Å². The number of carbonyl (C=O) groups excluding carboxylic acids is 11. The highest BCUT2D eigenvalue weighted by molar-refractivity contribution is 14.1. The Morgan fingerprint density at radius 3 is 1.39 bits per heavy atom. The zero-order valence-electron chi connectivity index (χ0n) is 51.9. The van der Waals surface area contributed by atoms with Crippen LogP contribution in [0.4, 0.5) is 4.79 Å². The third kappa shape index (κ3) is 40.9. The highest BCUT2D eigenvalue weighted by Crippen LogP contribution is 2.16. The summed E-state index contributed by atoms with van der Waals surface area (Å²) in [6, 6.07) is 2.68. The van der Waals surface area contributed by atoms with Crippen LogP contribution in [-0.4, -0.2) is 170 Å². The first-order chi connectivity index (χ1) is 39.5. The van der Waals surface area contributed by atoms with Crippen molar-refractivity contribution in [3.05, 3.63) is 33.4 Å². The molecule has 0 aliphatic carbocycles. The zero-order valence-corrected chi connectivity index (χ0v) is 54.1. The number of unbranched alkanes of at least 4 members (excludes halogenated alkanes) is 1. The van der Waals surface area contributed by atoms with E-state index >= 15 is 0 Å². The van der Waals surface area contributed by atoms with Gasteiger partial charge >= 0.3 is 24.0 Å². The molecule has 26 heteroatoms. The van der Waals surface area contributed by atoms with Crippen molar-refractivity contribution in [2.45, 2.75) is 220 Å². The fourth-order valence-electron chi connectivity index (χ4n) is 7.62. The molecule has 0 saturated heterocycles. The Balaban J connectivity index is 3.11. The van der Waals surface area contributed by atoms with Crippen LogP contribution in [0.5, 0.6) is 0 Å². The number of alkyl carbamates (subject to hydrolysis) is 1. The standard InChI is InChI=1S/C59H96IN7O18/c1-56(2,3)82-48(72)26-23-43(52(76)61-32-29-41(69)30-34-68)66-54(78)45(25-28-50(74)84-58(7,8)9)67-53(77)44(24-27-49(73)83-57(4,5)6)65-47(71)38-81-37-36-80-35-33-62-51(75)42(17-13-14-31-63-55(79)85-59(10,11)12)64-46(70)18-15-16-39-19-21-40(60)22-20-39/h19-22,42-45,68H,13-18,23-38H2,1-12H3,(H,61,76)(H,62,75)(H,63,79)(H,64,70)(H,65,71)(H,66,78)(H,67,77)/t42-,43+,44+,45+/m0/s1. The molecule has 4 atom stereocenters. The number of nitrogens with one attached hydrogen (secondary N) is 7. The summed E-state index contributed by atoms with van der Waals surface area (Å²) >= 11 is 2.22. The molecule has 0 unspecified atom stereocenters. The third-order valence-corrected chi connectivity index (χ3v) is 12.1. The van der Waals surface area contributed by atoms with Crippen molar-refractivity contribution in [3.8, 4) is 0 Å². The molecule has 0 aliphatic rings. The molecule has 25 nitrogen and oxygen atoms in total. The van der Waals surface area contributed by atoms with Crippen molar-refractivity contribution in [3.63, 3.8) is 0 Å². The second kappa shape index (κ2) is 39.6. The first-order valence-electron chi connectivity index (χ1n) is 28.9. The van der Waals surface area contributed by atoms with Crippen molar-refractivity contribution in [2.24, 2.45) is 0 Å². The van der Waals surface area contributed by atoms with Gasteiger partial charge in [-0.05, 0) is 175 Å². The van der Waals surface area contributed by atoms with Crippen LogP contribution in [0.25, 0.3) is 0 Å². The molecule has 0 heterocycles. The second-order valence-corrected chi connectivity index (χ2v) is 25.4. The van der Waals surface area contributed by atoms with Crippen LogP contribution in [0.15, 0.2) is 24.3 Å². The molecule has 0 radical (unpaired) electrons. The lowest BCUT2D eigenvalue weighted by molar-refractivity contribution is -0.156. The zero-order chi connectivity index (χ0) is 64.4. The minimum atomic E-state index is -1.56. The summed E-state index contributed by atoms with van der Waals surface area (Å²) in [5.74, 6) is -6.66. The number of Topliss-reactive ketones (excluding diaryl/α,β-unsaturated/α-hetero) is 1. The van der Waals surface area contributed by atoms with Gasteiger partial charge in [0.15, 0.2) is 0 Å². The van der Waals surface area contributed by atoms with Crippen LogP contribution in [0.1, 0.15) is 172 Å². The van der Waals surface area contributed by atoms with Gasteiger partial charge in [-0.25, -0.2) is 4.79 Å². The number of aliphatic hydroxyl groups is 1. The molecule has 0 aromatic heterocycles. The van der Waals surface area contributed by atoms with Crippen LogP contribution in [-0.2, 0) is 82.8 Å². The Kier molecular flexibility index (Phi) is 35.9. The number of esters is 3. The number of ether oxygens (including phenoxy) is 6. The Bertz CT molecular complexity index is 2310. The molecule has 7 amide bonds. The molecule has 0 fully saturated rings. The maximum atomic E-state index is 14.2. The fraction of sp³-hybridized carbons (Fsp3) is 0.712. The second-order valence-electron chi connectivity index (χ2n) is 24.2. The highest BCUT2D eigenvalue weighted by atomic mass is 127. The Morgan fingerprint density at radius 2 is 0.894 bits per heavy atom. The van der Waals surface area contributed by atoms with E-state index in [2.05, 4.69) is 59.8 Å². The summed E-state index contributed by atoms with van der Waals surface area (Å²) < 4.78 is 33.7. The SMILES string of the molecule is CC(C)(C)OC(=O)CC[C@@H](NC(=O)COCCOCCNC(=O)[C@H](CCCCNC(=O)OC(C)(C)C)NC(=O)CCCc1ccc(I)cc1)C(=O)N[C@H](CCC(=O)OC(C)(C)C)C(=O)N[C@H](CCC(=O)OC(C)(C)C)C(=O)NCCC(=O)CCO. The van der Waals surface area contributed by atoms with Gasteiger partial charge in [0.1, 0.15) is 59.0 Å². The van der Waals surface area contributed by atoms with Crippen LogP contribution in [0.2, 0.25) is 0 Å². The predicted octanol–water partition coefficient (Wildman–Crippen LogP) is 4.22. The van der Waals surface area contributed by atoms with Gasteiger partial charge in [-0.3, -0.25) is 47.9 Å². The summed E-state index contributed by atoms with van der Waals surface area (Å²) in [5.41, 5.74) is -2.23. The maximum Gasteiger partial charge on any atom is 0.407 e. The van der Waals surface area contributed by atoms with E-state index < -0.39 is 113 Å². The average molecular weight is 1320 g/mol. The lowest BCUT2D eigenvalue weighted by Crippen LogP contribution is -2.57. The third-order valence-electron chi connectivity index (χ3n) is 11.4. The number of benzene rings is 1. The van der Waals surface area contributed by atoms with E-state index in [4.69, 9.17) is 33.5 Å². The Labute approximate surface area is 514 Å². The van der Waals surface area contributed by atoms with E-state index in [0.29, 0.717) is 38.6 Å². The van der Waals surface area contributed by atoms with Crippen molar-refractivity contribution >= 4 is 87.8 Å². The van der Waals surface area contributed by atoms with Gasteiger partial charge in [-0.15, -0.1) is 0 Å². The molecule has 0 spiro atoms. The normalized spacial score (nSPS) is 13.1. The summed E-state index contributed by atoms with van der Waals surface area (Å²) in [6.45, 7) is 19.2. The maximum absolute atomic E-state index is 14.2. The van der Waals surface area contributed by atoms with Gasteiger partial charge in [0.05, 0.1) is 19.8 Å². The number of ketones is 1. The summed E-state index contributed by atoms with van der Waals surface area (Å²) in [4.78, 5) is 144. The number of hydrogen-bond acceptors (Lipinski definition) is 18. The van der Waals surface area contributed by atoms with Crippen molar-refractivity contribution in [1.82, 2.24) is 37.2 Å². The van der Waals surface area contributed by atoms with Gasteiger partial charge in [0.2, 0.25) is 35.4 Å². The molecular formula is C59H96IN7O18. The summed E-state index contributed by atoms with van der Waals surface area (Å²) in [7, 11) is 0. The van der Waals surface area contributed by atoms with E-state index in [1.165, 1.54) is 0 Å². The Morgan fingerprint density at radius 1 is 0.447 bits per heavy atom. The molecule has 0 aliphatic heterocycles. The minimum absolute atomic E-state index is 0.0237. The molecule has 8 N–H and O–H groups in total. The van der Waals surface area contributed by atoms with Gasteiger partial charge in [0.25, 0.3) is 0 Å². The van der Waals surface area contributed by atoms with E-state index in [9.17, 15) is 52.7 Å². The van der Waals surface area contributed by atoms with E-state index in [1.807, 2.05) is 24.3 Å². The largest absolute Gasteiger partial charge is 0.460 e. The number of amides is 7. The minimum Gasteiger partial charge on any atom is -0.460 e. The van der Waals surface area contributed by atoms with Gasteiger partial charge in [0, 0.05) is 68.3 Å². The smallest absolute Gasteiger partial charge is 0.407 e. The molecule has 1 rings (SSSR count). The van der Waals surface area contributed by atoms with Gasteiger partial charge < -0.3 is 70.7 Å². The summed E-state index contributed by atoms with van der Waals surface area (Å²) in [5, 5.41) is 27.6. The van der Waals surface area contributed by atoms with Crippen LogP contribution in [0.3, 0.4) is 0 Å².